The first-order chi connectivity index (χ1) is 8.59. The molecule has 0 amide bonds. The van der Waals surface area contributed by atoms with Crippen molar-refractivity contribution in [1.82, 2.24) is 5.32 Å². The Labute approximate surface area is 118 Å². The predicted molar refractivity (Wildman–Crippen MR) is 82.5 cm³/mol. The van der Waals surface area contributed by atoms with E-state index in [1.165, 1.54) is 44.4 Å². The number of thioether (sulfide) groups is 1. The van der Waals surface area contributed by atoms with Crippen molar-refractivity contribution in [2.24, 2.45) is 5.41 Å². The lowest BCUT2D eigenvalue weighted by Crippen LogP contribution is -2.45. The molecule has 0 saturated heterocycles. The summed E-state index contributed by atoms with van der Waals surface area (Å²) in [6.07, 6.45) is 6.48. The van der Waals surface area contributed by atoms with Crippen LogP contribution in [0.1, 0.15) is 52.9 Å². The van der Waals surface area contributed by atoms with Crippen molar-refractivity contribution in [2.45, 2.75) is 64.2 Å². The summed E-state index contributed by atoms with van der Waals surface area (Å²) in [5.74, 6) is 1.24. The first-order valence-corrected chi connectivity index (χ1v) is 8.48. The zero-order valence-electron chi connectivity index (χ0n) is 12.6. The summed E-state index contributed by atoms with van der Waals surface area (Å²) >= 11 is 2.16. The molecule has 3 heteroatoms. The van der Waals surface area contributed by atoms with Crippen LogP contribution in [0.3, 0.4) is 0 Å². The van der Waals surface area contributed by atoms with Crippen molar-refractivity contribution < 1.29 is 4.74 Å². The molecule has 2 nitrogen and oxygen atoms in total. The average Bonchev–Trinajstić information content (AvgIpc) is 2.33. The Kier molecular flexibility index (Phi) is 7.66. The quantitative estimate of drug-likeness (QED) is 0.681. The van der Waals surface area contributed by atoms with E-state index in [4.69, 9.17) is 4.74 Å². The Bertz CT molecular complexity index is 221. The van der Waals surface area contributed by atoms with E-state index in [1.807, 2.05) is 0 Å². The maximum Gasteiger partial charge on any atom is 0.0470 e. The standard InChI is InChI=1S/C15H31NOS/c1-5-9-16-13-7-8-15(2,3)12-14(13)18-11-6-10-17-4/h13-14,16H,5-12H2,1-4H3. The highest BCUT2D eigenvalue weighted by molar-refractivity contribution is 7.99. The molecule has 1 aliphatic rings. The molecule has 0 aromatic carbocycles. The van der Waals surface area contributed by atoms with Crippen LogP contribution in [-0.4, -0.2) is 37.3 Å². The highest BCUT2D eigenvalue weighted by Crippen LogP contribution is 2.40. The maximum atomic E-state index is 5.13. The first kappa shape index (κ1) is 16.3. The monoisotopic (exact) mass is 273 g/mol. The molecule has 0 aliphatic heterocycles. The van der Waals surface area contributed by atoms with Crippen LogP contribution in [0.5, 0.6) is 0 Å². The molecule has 1 N–H and O–H groups in total. The van der Waals surface area contributed by atoms with Gasteiger partial charge in [-0.25, -0.2) is 0 Å². The van der Waals surface area contributed by atoms with Gasteiger partial charge in [0.05, 0.1) is 0 Å². The minimum atomic E-state index is 0.531. The summed E-state index contributed by atoms with van der Waals surface area (Å²) in [5.41, 5.74) is 0.531. The highest BCUT2D eigenvalue weighted by atomic mass is 32.2. The fraction of sp³-hybridized carbons (Fsp3) is 1.00. The highest BCUT2D eigenvalue weighted by Gasteiger charge is 2.34. The number of hydrogen-bond acceptors (Lipinski definition) is 3. The van der Waals surface area contributed by atoms with Crippen molar-refractivity contribution in [3.8, 4) is 0 Å². The van der Waals surface area contributed by atoms with E-state index in [0.29, 0.717) is 5.41 Å². The van der Waals surface area contributed by atoms with Gasteiger partial charge in [-0.15, -0.1) is 0 Å². The molecule has 1 rings (SSSR count). The topological polar surface area (TPSA) is 21.3 Å². The fourth-order valence-corrected chi connectivity index (χ4v) is 4.32. The van der Waals surface area contributed by atoms with E-state index in [0.717, 1.165) is 17.9 Å². The molecule has 18 heavy (non-hydrogen) atoms. The normalized spacial score (nSPS) is 27.3. The van der Waals surface area contributed by atoms with Gasteiger partial charge < -0.3 is 10.1 Å². The Morgan fingerprint density at radius 2 is 2.17 bits per heavy atom. The van der Waals surface area contributed by atoms with Crippen molar-refractivity contribution in [3.63, 3.8) is 0 Å². The Hall–Kier alpha value is 0.270. The summed E-state index contributed by atoms with van der Waals surface area (Å²) in [6, 6.07) is 0.727. The van der Waals surface area contributed by atoms with Gasteiger partial charge in [0.25, 0.3) is 0 Å². The molecular weight excluding hydrogens is 242 g/mol. The van der Waals surface area contributed by atoms with E-state index in [1.54, 1.807) is 7.11 Å². The van der Waals surface area contributed by atoms with Gasteiger partial charge in [-0.2, -0.15) is 11.8 Å². The van der Waals surface area contributed by atoms with Gasteiger partial charge in [0.2, 0.25) is 0 Å². The second kappa shape index (κ2) is 8.44. The summed E-state index contributed by atoms with van der Waals surface area (Å²) in [4.78, 5) is 0. The van der Waals surface area contributed by atoms with Crippen molar-refractivity contribution in [1.29, 1.82) is 0 Å². The number of ether oxygens (including phenoxy) is 1. The second-order valence-corrected chi connectivity index (χ2v) is 7.57. The molecule has 2 atom stereocenters. The van der Waals surface area contributed by atoms with Crippen LogP contribution in [0.25, 0.3) is 0 Å². The molecule has 0 spiro atoms. The van der Waals surface area contributed by atoms with Gasteiger partial charge in [-0.1, -0.05) is 20.8 Å². The number of nitrogens with one attached hydrogen (secondary N) is 1. The SMILES string of the molecule is CCCNC1CCC(C)(C)CC1SCCCOC. The van der Waals surface area contributed by atoms with Crippen LogP contribution in [0, 0.1) is 5.41 Å². The molecule has 1 saturated carbocycles. The van der Waals surface area contributed by atoms with Crippen molar-refractivity contribution in [2.75, 3.05) is 26.0 Å². The van der Waals surface area contributed by atoms with Crippen molar-refractivity contribution >= 4 is 11.8 Å². The van der Waals surface area contributed by atoms with E-state index >= 15 is 0 Å². The molecule has 0 heterocycles. The van der Waals surface area contributed by atoms with Crippen LogP contribution >= 0.6 is 11.8 Å². The molecule has 108 valence electrons. The largest absolute Gasteiger partial charge is 0.385 e. The summed E-state index contributed by atoms with van der Waals surface area (Å²) < 4.78 is 5.13. The summed E-state index contributed by atoms with van der Waals surface area (Å²) in [7, 11) is 1.79. The lowest BCUT2D eigenvalue weighted by atomic mass is 9.75. The third kappa shape index (κ3) is 5.94. The zero-order chi connectivity index (χ0) is 13.4. The molecule has 2 unspecified atom stereocenters. The van der Waals surface area contributed by atoms with Crippen LogP contribution in [-0.2, 0) is 4.74 Å². The molecular formula is C15H31NOS. The average molecular weight is 273 g/mol. The molecule has 0 bridgehead atoms. The number of hydrogen-bond donors (Lipinski definition) is 1. The van der Waals surface area contributed by atoms with Crippen LogP contribution in [0.4, 0.5) is 0 Å². The Morgan fingerprint density at radius 3 is 2.83 bits per heavy atom. The maximum absolute atomic E-state index is 5.13. The molecule has 0 aromatic heterocycles. The van der Waals surface area contributed by atoms with Crippen LogP contribution < -0.4 is 5.32 Å². The Balaban J connectivity index is 2.38. The zero-order valence-corrected chi connectivity index (χ0v) is 13.4. The van der Waals surface area contributed by atoms with Crippen LogP contribution in [0.15, 0.2) is 0 Å². The molecule has 0 radical (unpaired) electrons. The lowest BCUT2D eigenvalue weighted by molar-refractivity contribution is 0.199. The van der Waals surface area contributed by atoms with Gasteiger partial charge in [0.1, 0.15) is 0 Å². The molecule has 0 aromatic rings. The van der Waals surface area contributed by atoms with Gasteiger partial charge in [-0.05, 0) is 49.8 Å². The van der Waals surface area contributed by atoms with Crippen molar-refractivity contribution in [3.05, 3.63) is 0 Å². The summed E-state index contributed by atoms with van der Waals surface area (Å²) in [6.45, 7) is 9.16. The third-order valence-corrected chi connectivity index (χ3v) is 5.26. The van der Waals surface area contributed by atoms with Gasteiger partial charge in [0, 0.05) is 25.0 Å². The van der Waals surface area contributed by atoms with Gasteiger partial charge >= 0.3 is 0 Å². The van der Waals surface area contributed by atoms with Crippen LogP contribution in [0.2, 0.25) is 0 Å². The number of methoxy groups -OCH3 is 1. The molecule has 1 aliphatic carbocycles. The lowest BCUT2D eigenvalue weighted by Gasteiger charge is -2.41. The van der Waals surface area contributed by atoms with E-state index < -0.39 is 0 Å². The predicted octanol–water partition coefficient (Wildman–Crippen LogP) is 3.70. The van der Waals surface area contributed by atoms with E-state index in [9.17, 15) is 0 Å². The molecule has 1 fully saturated rings. The minimum absolute atomic E-state index is 0.531. The van der Waals surface area contributed by atoms with Gasteiger partial charge in [0.15, 0.2) is 0 Å². The fourth-order valence-electron chi connectivity index (χ4n) is 2.70. The second-order valence-electron chi connectivity index (χ2n) is 6.22. The minimum Gasteiger partial charge on any atom is -0.385 e. The smallest absolute Gasteiger partial charge is 0.0470 e. The number of rotatable bonds is 8. The first-order valence-electron chi connectivity index (χ1n) is 7.43. The van der Waals surface area contributed by atoms with Gasteiger partial charge in [-0.3, -0.25) is 0 Å². The van der Waals surface area contributed by atoms with E-state index in [-0.39, 0.29) is 0 Å². The van der Waals surface area contributed by atoms with E-state index in [2.05, 4.69) is 37.8 Å². The third-order valence-electron chi connectivity index (χ3n) is 3.82. The Morgan fingerprint density at radius 1 is 1.39 bits per heavy atom. The summed E-state index contributed by atoms with van der Waals surface area (Å²) in [5, 5.41) is 4.54.